The molecule has 9 heteroatoms. The Hall–Kier alpha value is -3.04. The number of amides is 1. The minimum Gasteiger partial charge on any atom is -0.439 e. The van der Waals surface area contributed by atoms with Crippen LogP contribution in [0.4, 0.5) is 5.69 Å². The molecular weight excluding hydrogens is 430 g/mol. The van der Waals surface area contributed by atoms with Gasteiger partial charge in [-0.3, -0.25) is 9.36 Å². The first-order valence-electron chi connectivity index (χ1n) is 7.81. The molecular formula is C18H12BrN5O2S. The summed E-state index contributed by atoms with van der Waals surface area (Å²) >= 11 is 4.72. The van der Waals surface area contributed by atoms with Gasteiger partial charge in [0.1, 0.15) is 24.2 Å². The molecule has 1 N–H and O–H groups in total. The molecule has 0 aliphatic rings. The third-order valence-electron chi connectivity index (χ3n) is 3.52. The van der Waals surface area contributed by atoms with Crippen LogP contribution in [0.5, 0.6) is 11.6 Å². The van der Waals surface area contributed by atoms with Gasteiger partial charge in [-0.25, -0.2) is 15.0 Å². The molecule has 1 amide bonds. The van der Waals surface area contributed by atoms with Crippen molar-refractivity contribution < 1.29 is 9.53 Å². The zero-order chi connectivity index (χ0) is 18.6. The van der Waals surface area contributed by atoms with E-state index in [4.69, 9.17) is 4.74 Å². The summed E-state index contributed by atoms with van der Waals surface area (Å²) in [6, 6.07) is 10.6. The number of nitrogens with one attached hydrogen (secondary N) is 1. The molecule has 7 nitrogen and oxygen atoms in total. The molecule has 0 aliphatic heterocycles. The zero-order valence-electron chi connectivity index (χ0n) is 13.7. The van der Waals surface area contributed by atoms with Crippen LogP contribution >= 0.6 is 27.3 Å². The van der Waals surface area contributed by atoms with Gasteiger partial charge < -0.3 is 10.1 Å². The number of imidazole rings is 1. The lowest BCUT2D eigenvalue weighted by Gasteiger charge is -2.08. The summed E-state index contributed by atoms with van der Waals surface area (Å²) in [6.45, 7) is 0. The number of carbonyl (C=O) groups is 1. The van der Waals surface area contributed by atoms with Crippen molar-refractivity contribution in [3.05, 3.63) is 76.2 Å². The van der Waals surface area contributed by atoms with Gasteiger partial charge in [0.25, 0.3) is 5.91 Å². The van der Waals surface area contributed by atoms with E-state index in [-0.39, 0.29) is 5.91 Å². The lowest BCUT2D eigenvalue weighted by Crippen LogP contribution is -2.09. The van der Waals surface area contributed by atoms with Gasteiger partial charge in [-0.1, -0.05) is 0 Å². The Morgan fingerprint density at radius 3 is 2.74 bits per heavy atom. The summed E-state index contributed by atoms with van der Waals surface area (Å²) in [5.74, 6) is 1.51. The molecule has 1 aromatic carbocycles. The topological polar surface area (TPSA) is 81.9 Å². The maximum absolute atomic E-state index is 12.2. The lowest BCUT2D eigenvalue weighted by molar-refractivity contribution is 0.103. The van der Waals surface area contributed by atoms with Crippen molar-refractivity contribution in [2.24, 2.45) is 0 Å². The van der Waals surface area contributed by atoms with E-state index in [9.17, 15) is 4.79 Å². The monoisotopic (exact) mass is 441 g/mol. The summed E-state index contributed by atoms with van der Waals surface area (Å²) in [5, 5.41) is 4.72. The van der Waals surface area contributed by atoms with Gasteiger partial charge in [-0.15, -0.1) is 11.3 Å². The number of ether oxygens (including phenoxy) is 1. The van der Waals surface area contributed by atoms with Crippen LogP contribution in [0.3, 0.4) is 0 Å². The standard InChI is InChI=1S/C18H12BrN5O2S/c19-12-7-15(27-9-12)18(25)23-13-1-3-14(4-2-13)26-17-8-16(21-10-22-17)24-6-5-20-11-24/h1-11H,(H,23,25). The zero-order valence-corrected chi connectivity index (χ0v) is 16.1. The van der Waals surface area contributed by atoms with Gasteiger partial charge in [-0.05, 0) is 46.3 Å². The van der Waals surface area contributed by atoms with E-state index in [1.165, 1.54) is 17.7 Å². The van der Waals surface area contributed by atoms with Gasteiger partial charge in [0.15, 0.2) is 0 Å². The Labute approximate surface area is 166 Å². The first kappa shape index (κ1) is 17.4. The van der Waals surface area contributed by atoms with Gasteiger partial charge in [-0.2, -0.15) is 0 Å². The molecule has 0 saturated carbocycles. The number of halogens is 1. The highest BCUT2D eigenvalue weighted by Gasteiger charge is 2.09. The number of carbonyl (C=O) groups excluding carboxylic acids is 1. The molecule has 0 spiro atoms. The van der Waals surface area contributed by atoms with Crippen molar-refractivity contribution >= 4 is 38.9 Å². The number of aromatic nitrogens is 4. The molecule has 0 bridgehead atoms. The molecule has 27 heavy (non-hydrogen) atoms. The van der Waals surface area contributed by atoms with E-state index in [1.807, 2.05) is 5.38 Å². The van der Waals surface area contributed by atoms with Crippen LogP contribution in [0, 0.1) is 0 Å². The third-order valence-corrected chi connectivity index (χ3v) is 5.21. The Bertz CT molecular complexity index is 1060. The average Bonchev–Trinajstić information content (AvgIpc) is 3.35. The number of hydrogen-bond donors (Lipinski definition) is 1. The minimum atomic E-state index is -0.153. The number of anilines is 1. The smallest absolute Gasteiger partial charge is 0.265 e. The van der Waals surface area contributed by atoms with E-state index >= 15 is 0 Å². The fourth-order valence-electron chi connectivity index (χ4n) is 2.27. The van der Waals surface area contributed by atoms with Crippen molar-refractivity contribution in [3.8, 4) is 17.4 Å². The Kier molecular flexibility index (Phi) is 4.95. The maximum atomic E-state index is 12.2. The molecule has 3 aromatic heterocycles. The summed E-state index contributed by atoms with van der Waals surface area (Å²) in [4.78, 5) is 25.1. The lowest BCUT2D eigenvalue weighted by atomic mass is 10.3. The molecule has 4 rings (SSSR count). The van der Waals surface area contributed by atoms with E-state index in [1.54, 1.807) is 59.7 Å². The molecule has 0 radical (unpaired) electrons. The number of rotatable bonds is 5. The predicted octanol–water partition coefficient (Wildman–Crippen LogP) is 4.53. The van der Waals surface area contributed by atoms with Gasteiger partial charge in [0.2, 0.25) is 5.88 Å². The van der Waals surface area contributed by atoms with E-state index in [0.29, 0.717) is 28.0 Å². The average molecular weight is 442 g/mol. The van der Waals surface area contributed by atoms with Crippen LogP contribution in [-0.4, -0.2) is 25.4 Å². The van der Waals surface area contributed by atoms with Crippen LogP contribution in [0.15, 0.2) is 71.3 Å². The van der Waals surface area contributed by atoms with E-state index < -0.39 is 0 Å². The molecule has 0 atom stereocenters. The number of nitrogens with zero attached hydrogens (tertiary/aromatic N) is 4. The summed E-state index contributed by atoms with van der Waals surface area (Å²) in [6.07, 6.45) is 6.54. The first-order chi connectivity index (χ1) is 13.2. The molecule has 3 heterocycles. The van der Waals surface area contributed by atoms with Crippen molar-refractivity contribution in [1.82, 2.24) is 19.5 Å². The Morgan fingerprint density at radius 1 is 1.19 bits per heavy atom. The molecule has 0 aliphatic carbocycles. The van der Waals surface area contributed by atoms with Crippen molar-refractivity contribution in [2.75, 3.05) is 5.32 Å². The van der Waals surface area contributed by atoms with Gasteiger partial charge in [0, 0.05) is 34.0 Å². The van der Waals surface area contributed by atoms with E-state index in [2.05, 4.69) is 36.2 Å². The number of thiophene rings is 1. The van der Waals surface area contributed by atoms with Crippen molar-refractivity contribution in [2.45, 2.75) is 0 Å². The summed E-state index contributed by atoms with van der Waals surface area (Å²) < 4.78 is 8.41. The van der Waals surface area contributed by atoms with Gasteiger partial charge in [0.05, 0.1) is 4.88 Å². The fraction of sp³-hybridized carbons (Fsp3) is 0. The SMILES string of the molecule is O=C(Nc1ccc(Oc2cc(-n3ccnc3)ncn2)cc1)c1cc(Br)cs1. The Balaban J connectivity index is 1.44. The molecule has 134 valence electrons. The van der Waals surface area contributed by atoms with Crippen molar-refractivity contribution in [3.63, 3.8) is 0 Å². The van der Waals surface area contributed by atoms with Crippen molar-refractivity contribution in [1.29, 1.82) is 0 Å². The number of benzene rings is 1. The highest BCUT2D eigenvalue weighted by molar-refractivity contribution is 9.10. The molecule has 0 unspecified atom stereocenters. The second kappa shape index (κ2) is 7.68. The summed E-state index contributed by atoms with van der Waals surface area (Å²) in [5.41, 5.74) is 0.679. The molecule has 0 fully saturated rings. The highest BCUT2D eigenvalue weighted by Crippen LogP contribution is 2.24. The number of hydrogen-bond acceptors (Lipinski definition) is 6. The normalized spacial score (nSPS) is 10.6. The summed E-state index contributed by atoms with van der Waals surface area (Å²) in [7, 11) is 0. The maximum Gasteiger partial charge on any atom is 0.265 e. The van der Waals surface area contributed by atoms with Gasteiger partial charge >= 0.3 is 0 Å². The van der Waals surface area contributed by atoms with Crippen LogP contribution in [0.1, 0.15) is 9.67 Å². The largest absolute Gasteiger partial charge is 0.439 e. The second-order valence-electron chi connectivity index (χ2n) is 5.39. The van der Waals surface area contributed by atoms with E-state index in [0.717, 1.165) is 4.47 Å². The van der Waals surface area contributed by atoms with Crippen LogP contribution in [0.25, 0.3) is 5.82 Å². The molecule has 4 aromatic rings. The second-order valence-corrected chi connectivity index (χ2v) is 7.22. The highest BCUT2D eigenvalue weighted by atomic mass is 79.9. The van der Waals surface area contributed by atoms with Crippen LogP contribution in [-0.2, 0) is 0 Å². The third kappa shape index (κ3) is 4.21. The quantitative estimate of drug-likeness (QED) is 0.491. The minimum absolute atomic E-state index is 0.153. The van der Waals surface area contributed by atoms with Crippen LogP contribution < -0.4 is 10.1 Å². The fourth-order valence-corrected chi connectivity index (χ4v) is 3.59. The first-order valence-corrected chi connectivity index (χ1v) is 9.48. The van der Waals surface area contributed by atoms with Crippen LogP contribution in [0.2, 0.25) is 0 Å². The Morgan fingerprint density at radius 2 is 2.04 bits per heavy atom. The predicted molar refractivity (Wildman–Crippen MR) is 106 cm³/mol. The molecule has 0 saturated heterocycles.